The first-order valence-electron chi connectivity index (χ1n) is 6.61. The van der Waals surface area contributed by atoms with Crippen LogP contribution in [0.4, 0.5) is 0 Å². The third-order valence-corrected chi connectivity index (χ3v) is 3.02. The molecule has 0 spiro atoms. The molecule has 7 nitrogen and oxygen atoms in total. The zero-order chi connectivity index (χ0) is 15.2. The van der Waals surface area contributed by atoms with E-state index in [1.54, 1.807) is 24.3 Å². The molecule has 21 heavy (non-hydrogen) atoms. The van der Waals surface area contributed by atoms with Crippen LogP contribution < -0.4 is 5.32 Å². The van der Waals surface area contributed by atoms with Crippen molar-refractivity contribution in [2.75, 3.05) is 0 Å². The van der Waals surface area contributed by atoms with Crippen molar-refractivity contribution in [2.24, 2.45) is 0 Å². The smallest absolute Gasteiger partial charge is 0.326 e. The molecule has 0 bridgehead atoms. The first kappa shape index (κ1) is 14.7. The number of carbonyl (C=O) groups is 2. The zero-order valence-corrected chi connectivity index (χ0v) is 11.5. The van der Waals surface area contributed by atoms with E-state index >= 15 is 0 Å². The SMILES string of the molecule is CCCC(NC(=O)c1ccc(-c2ncn[nH]2)cc1)C(=O)O. The summed E-state index contributed by atoms with van der Waals surface area (Å²) in [5.41, 5.74) is 1.20. The summed E-state index contributed by atoms with van der Waals surface area (Å²) in [6, 6.07) is 5.84. The average molecular weight is 288 g/mol. The van der Waals surface area contributed by atoms with Crippen molar-refractivity contribution < 1.29 is 14.7 Å². The molecule has 1 heterocycles. The number of H-pyrrole nitrogens is 1. The van der Waals surface area contributed by atoms with Crippen LogP contribution in [0, 0.1) is 0 Å². The highest BCUT2D eigenvalue weighted by Crippen LogP contribution is 2.14. The van der Waals surface area contributed by atoms with E-state index in [1.165, 1.54) is 6.33 Å². The summed E-state index contributed by atoms with van der Waals surface area (Å²) in [5.74, 6) is -0.820. The number of amides is 1. The minimum atomic E-state index is -1.02. The fraction of sp³-hybridized carbons (Fsp3) is 0.286. The molecule has 0 fully saturated rings. The molecule has 1 amide bonds. The predicted molar refractivity (Wildman–Crippen MR) is 75.6 cm³/mol. The quantitative estimate of drug-likeness (QED) is 0.745. The van der Waals surface area contributed by atoms with Crippen molar-refractivity contribution in [3.8, 4) is 11.4 Å². The molecule has 0 saturated heterocycles. The highest BCUT2D eigenvalue weighted by atomic mass is 16.4. The van der Waals surface area contributed by atoms with Gasteiger partial charge in [-0.05, 0) is 18.6 Å². The zero-order valence-electron chi connectivity index (χ0n) is 11.5. The Hall–Kier alpha value is -2.70. The summed E-state index contributed by atoms with van der Waals surface area (Å²) in [6.45, 7) is 1.87. The number of carboxylic acid groups (broad SMARTS) is 1. The maximum atomic E-state index is 12.0. The largest absolute Gasteiger partial charge is 0.480 e. The maximum Gasteiger partial charge on any atom is 0.326 e. The Balaban J connectivity index is 2.07. The van der Waals surface area contributed by atoms with Crippen molar-refractivity contribution in [3.05, 3.63) is 36.2 Å². The van der Waals surface area contributed by atoms with Gasteiger partial charge in [0, 0.05) is 11.1 Å². The molecule has 110 valence electrons. The summed E-state index contributed by atoms with van der Waals surface area (Å²) >= 11 is 0. The number of aromatic nitrogens is 3. The summed E-state index contributed by atoms with van der Waals surface area (Å²) in [7, 11) is 0. The first-order valence-corrected chi connectivity index (χ1v) is 6.61. The third kappa shape index (κ3) is 3.65. The van der Waals surface area contributed by atoms with Gasteiger partial charge in [-0.15, -0.1) is 0 Å². The molecule has 0 aliphatic heterocycles. The molecule has 1 unspecified atom stereocenters. The Bertz CT molecular complexity index is 608. The van der Waals surface area contributed by atoms with Crippen LogP contribution in [0.5, 0.6) is 0 Å². The molecule has 0 radical (unpaired) electrons. The number of benzene rings is 1. The van der Waals surface area contributed by atoms with Gasteiger partial charge in [0.2, 0.25) is 0 Å². The van der Waals surface area contributed by atoms with Crippen LogP contribution in [0.25, 0.3) is 11.4 Å². The van der Waals surface area contributed by atoms with E-state index in [4.69, 9.17) is 5.11 Å². The van der Waals surface area contributed by atoms with Crippen molar-refractivity contribution in [1.82, 2.24) is 20.5 Å². The Morgan fingerprint density at radius 2 is 2.05 bits per heavy atom. The number of hydrogen-bond acceptors (Lipinski definition) is 4. The van der Waals surface area contributed by atoms with Gasteiger partial charge in [-0.3, -0.25) is 9.89 Å². The number of hydrogen-bond donors (Lipinski definition) is 3. The van der Waals surface area contributed by atoms with E-state index in [0.717, 1.165) is 5.56 Å². The van der Waals surface area contributed by atoms with E-state index in [2.05, 4.69) is 20.5 Å². The highest BCUT2D eigenvalue weighted by Gasteiger charge is 2.19. The van der Waals surface area contributed by atoms with Crippen molar-refractivity contribution in [2.45, 2.75) is 25.8 Å². The molecule has 1 aromatic heterocycles. The molecule has 2 rings (SSSR count). The molecular formula is C14H16N4O3. The van der Waals surface area contributed by atoms with E-state index in [9.17, 15) is 9.59 Å². The van der Waals surface area contributed by atoms with E-state index in [0.29, 0.717) is 24.2 Å². The number of carbonyl (C=O) groups excluding carboxylic acids is 1. The predicted octanol–water partition coefficient (Wildman–Crippen LogP) is 1.45. The van der Waals surface area contributed by atoms with Crippen LogP contribution >= 0.6 is 0 Å². The molecule has 3 N–H and O–H groups in total. The number of carboxylic acids is 1. The lowest BCUT2D eigenvalue weighted by molar-refractivity contribution is -0.139. The number of rotatable bonds is 6. The van der Waals surface area contributed by atoms with Crippen LogP contribution in [0.1, 0.15) is 30.1 Å². The Morgan fingerprint density at radius 3 is 2.57 bits per heavy atom. The van der Waals surface area contributed by atoms with Gasteiger partial charge in [-0.25, -0.2) is 9.78 Å². The van der Waals surface area contributed by atoms with Gasteiger partial charge >= 0.3 is 5.97 Å². The summed E-state index contributed by atoms with van der Waals surface area (Å²) in [5, 5.41) is 18.0. The minimum absolute atomic E-state index is 0.400. The van der Waals surface area contributed by atoms with Crippen LogP contribution in [-0.2, 0) is 4.79 Å². The normalized spacial score (nSPS) is 11.9. The van der Waals surface area contributed by atoms with Crippen molar-refractivity contribution in [1.29, 1.82) is 0 Å². The minimum Gasteiger partial charge on any atom is -0.480 e. The van der Waals surface area contributed by atoms with Crippen LogP contribution in [-0.4, -0.2) is 38.2 Å². The standard InChI is InChI=1S/C14H16N4O3/c1-2-3-11(14(20)21)17-13(19)10-6-4-9(5-7-10)12-15-8-16-18-12/h4-8,11H,2-3H2,1H3,(H,17,19)(H,20,21)(H,15,16,18). The van der Waals surface area contributed by atoms with E-state index < -0.39 is 17.9 Å². The van der Waals surface area contributed by atoms with Gasteiger partial charge in [-0.2, -0.15) is 5.10 Å². The molecule has 1 aromatic carbocycles. The second-order valence-electron chi connectivity index (χ2n) is 4.56. The monoisotopic (exact) mass is 288 g/mol. The molecule has 2 aromatic rings. The Morgan fingerprint density at radius 1 is 1.33 bits per heavy atom. The van der Waals surface area contributed by atoms with E-state index in [1.807, 2.05) is 6.92 Å². The molecule has 0 aliphatic carbocycles. The summed E-state index contributed by atoms with van der Waals surface area (Å²) in [4.78, 5) is 27.1. The first-order chi connectivity index (χ1) is 10.1. The van der Waals surface area contributed by atoms with Gasteiger partial charge in [-0.1, -0.05) is 25.5 Å². The fourth-order valence-corrected chi connectivity index (χ4v) is 1.91. The highest BCUT2D eigenvalue weighted by molar-refractivity contribution is 5.96. The topological polar surface area (TPSA) is 108 Å². The van der Waals surface area contributed by atoms with Crippen molar-refractivity contribution >= 4 is 11.9 Å². The fourth-order valence-electron chi connectivity index (χ4n) is 1.91. The molecule has 1 atom stereocenters. The van der Waals surface area contributed by atoms with Gasteiger partial charge in [0.15, 0.2) is 5.82 Å². The van der Waals surface area contributed by atoms with Gasteiger partial charge < -0.3 is 10.4 Å². The average Bonchev–Trinajstić information content (AvgIpc) is 3.01. The lowest BCUT2D eigenvalue weighted by Crippen LogP contribution is -2.40. The van der Waals surface area contributed by atoms with Crippen LogP contribution in [0.15, 0.2) is 30.6 Å². The van der Waals surface area contributed by atoms with Crippen LogP contribution in [0.2, 0.25) is 0 Å². The van der Waals surface area contributed by atoms with Crippen molar-refractivity contribution in [3.63, 3.8) is 0 Å². The van der Waals surface area contributed by atoms with Gasteiger partial charge in [0.25, 0.3) is 5.91 Å². The summed E-state index contributed by atoms with van der Waals surface area (Å²) in [6.07, 6.45) is 2.48. The number of nitrogens with one attached hydrogen (secondary N) is 2. The molecule has 0 aliphatic rings. The van der Waals surface area contributed by atoms with Crippen LogP contribution in [0.3, 0.4) is 0 Å². The Kier molecular flexibility index (Phi) is 4.65. The summed E-state index contributed by atoms with van der Waals surface area (Å²) < 4.78 is 0. The second kappa shape index (κ2) is 6.65. The third-order valence-electron chi connectivity index (χ3n) is 3.02. The maximum absolute atomic E-state index is 12.0. The number of nitrogens with zero attached hydrogens (tertiary/aromatic N) is 2. The second-order valence-corrected chi connectivity index (χ2v) is 4.56. The number of aromatic amines is 1. The lowest BCUT2D eigenvalue weighted by Gasteiger charge is -2.13. The molecule has 0 saturated carbocycles. The van der Waals surface area contributed by atoms with E-state index in [-0.39, 0.29) is 0 Å². The number of aliphatic carboxylic acids is 1. The van der Waals surface area contributed by atoms with Gasteiger partial charge in [0.05, 0.1) is 0 Å². The lowest BCUT2D eigenvalue weighted by atomic mass is 10.1. The van der Waals surface area contributed by atoms with Gasteiger partial charge in [0.1, 0.15) is 12.4 Å². The molecule has 7 heteroatoms. The Labute approximate surface area is 121 Å². The molecular weight excluding hydrogens is 272 g/mol.